The van der Waals surface area contributed by atoms with Crippen LogP contribution in [0.15, 0.2) is 23.1 Å². The van der Waals surface area contributed by atoms with E-state index in [0.717, 1.165) is 37.1 Å². The van der Waals surface area contributed by atoms with Crippen LogP contribution in [0.5, 0.6) is 0 Å². The molecule has 1 atom stereocenters. The van der Waals surface area contributed by atoms with E-state index in [1.807, 2.05) is 26.0 Å². The maximum atomic E-state index is 12.2. The fraction of sp³-hybridized carbons (Fsp3) is 0.571. The van der Waals surface area contributed by atoms with Crippen LogP contribution in [0.2, 0.25) is 0 Å². The summed E-state index contributed by atoms with van der Waals surface area (Å²) in [5.41, 5.74) is 1.88. The number of halogens is 1. The predicted molar refractivity (Wildman–Crippen MR) is 83.9 cm³/mol. The van der Waals surface area contributed by atoms with Crippen molar-refractivity contribution in [1.29, 1.82) is 0 Å². The Bertz CT molecular complexity index is 540. The molecule has 1 saturated heterocycles. The second-order valence-corrected chi connectivity index (χ2v) is 7.05. The Morgan fingerprint density at radius 3 is 2.70 bits per heavy atom. The highest BCUT2D eigenvalue weighted by Crippen LogP contribution is 2.17. The zero-order chi connectivity index (χ0) is 13.9. The highest BCUT2D eigenvalue weighted by Gasteiger charge is 2.18. The lowest BCUT2D eigenvalue weighted by molar-refractivity contribution is 0.519. The average Bonchev–Trinajstić information content (AvgIpc) is 2.81. The topological polar surface area (TPSA) is 58.2 Å². The molecule has 0 spiro atoms. The minimum Gasteiger partial charge on any atom is -0.316 e. The van der Waals surface area contributed by atoms with Gasteiger partial charge in [-0.25, -0.2) is 13.1 Å². The van der Waals surface area contributed by atoms with Crippen LogP contribution in [-0.4, -0.2) is 28.1 Å². The Kier molecular flexibility index (Phi) is 6.45. The fourth-order valence-corrected chi connectivity index (χ4v) is 3.81. The molecule has 1 unspecified atom stereocenters. The summed E-state index contributed by atoms with van der Waals surface area (Å²) in [5, 5.41) is 3.29. The summed E-state index contributed by atoms with van der Waals surface area (Å²) in [7, 11) is -3.37. The van der Waals surface area contributed by atoms with Crippen molar-refractivity contribution in [2.45, 2.75) is 31.6 Å². The molecule has 1 aromatic rings. The summed E-state index contributed by atoms with van der Waals surface area (Å²) in [4.78, 5) is 0.391. The molecular formula is C14H23ClN2O2S. The zero-order valence-electron chi connectivity index (χ0n) is 12.0. The van der Waals surface area contributed by atoms with E-state index < -0.39 is 10.0 Å². The van der Waals surface area contributed by atoms with E-state index in [1.54, 1.807) is 6.07 Å². The third kappa shape index (κ3) is 4.45. The summed E-state index contributed by atoms with van der Waals surface area (Å²) < 4.78 is 27.1. The summed E-state index contributed by atoms with van der Waals surface area (Å²) in [6.45, 7) is 6.37. The standard InChI is InChI=1S/C14H22N2O2S.ClH/c1-11-3-4-14(12(2)9-11)19(17,18)16-8-6-13-5-7-15-10-13;/h3-4,9,13,15-16H,5-8,10H2,1-2H3;1H. The second kappa shape index (κ2) is 7.41. The van der Waals surface area contributed by atoms with Crippen molar-refractivity contribution in [3.05, 3.63) is 29.3 Å². The van der Waals surface area contributed by atoms with Gasteiger partial charge in [0.15, 0.2) is 0 Å². The van der Waals surface area contributed by atoms with Crippen molar-refractivity contribution in [2.24, 2.45) is 5.92 Å². The fourth-order valence-electron chi connectivity index (χ4n) is 2.54. The lowest BCUT2D eigenvalue weighted by Gasteiger charge is -2.12. The highest BCUT2D eigenvalue weighted by atomic mass is 35.5. The maximum absolute atomic E-state index is 12.2. The Morgan fingerprint density at radius 1 is 1.35 bits per heavy atom. The molecule has 20 heavy (non-hydrogen) atoms. The van der Waals surface area contributed by atoms with Gasteiger partial charge >= 0.3 is 0 Å². The van der Waals surface area contributed by atoms with Gasteiger partial charge < -0.3 is 5.32 Å². The number of nitrogens with one attached hydrogen (secondary N) is 2. The van der Waals surface area contributed by atoms with Crippen LogP contribution in [0.1, 0.15) is 24.0 Å². The van der Waals surface area contributed by atoms with Crippen LogP contribution in [0.4, 0.5) is 0 Å². The minimum atomic E-state index is -3.37. The number of hydrogen-bond donors (Lipinski definition) is 2. The largest absolute Gasteiger partial charge is 0.316 e. The first-order chi connectivity index (χ1) is 8.99. The van der Waals surface area contributed by atoms with Crippen molar-refractivity contribution in [3.63, 3.8) is 0 Å². The van der Waals surface area contributed by atoms with E-state index in [2.05, 4.69) is 10.0 Å². The Hall–Kier alpha value is -0.620. The van der Waals surface area contributed by atoms with Gasteiger partial charge in [0.1, 0.15) is 0 Å². The molecule has 0 radical (unpaired) electrons. The molecule has 1 fully saturated rings. The molecule has 114 valence electrons. The van der Waals surface area contributed by atoms with E-state index in [1.165, 1.54) is 0 Å². The van der Waals surface area contributed by atoms with Gasteiger partial charge in [-0.05, 0) is 57.3 Å². The molecule has 4 nitrogen and oxygen atoms in total. The summed E-state index contributed by atoms with van der Waals surface area (Å²) in [6.07, 6.45) is 2.04. The van der Waals surface area contributed by atoms with E-state index in [0.29, 0.717) is 17.4 Å². The maximum Gasteiger partial charge on any atom is 0.240 e. The minimum absolute atomic E-state index is 0. The predicted octanol–water partition coefficient (Wildman–Crippen LogP) is 2.00. The van der Waals surface area contributed by atoms with E-state index in [9.17, 15) is 8.42 Å². The Balaban J connectivity index is 0.00000200. The summed E-state index contributed by atoms with van der Waals surface area (Å²) >= 11 is 0. The number of hydrogen-bond acceptors (Lipinski definition) is 3. The van der Waals surface area contributed by atoms with Crippen LogP contribution in [0, 0.1) is 19.8 Å². The molecule has 1 aromatic carbocycles. The van der Waals surface area contributed by atoms with Crippen molar-refractivity contribution < 1.29 is 8.42 Å². The molecule has 2 rings (SSSR count). The van der Waals surface area contributed by atoms with Gasteiger partial charge in [-0.2, -0.15) is 0 Å². The summed E-state index contributed by atoms with van der Waals surface area (Å²) in [5.74, 6) is 0.599. The Morgan fingerprint density at radius 2 is 2.10 bits per heavy atom. The first-order valence-electron chi connectivity index (χ1n) is 6.77. The van der Waals surface area contributed by atoms with Crippen molar-refractivity contribution in [1.82, 2.24) is 10.0 Å². The molecule has 1 aliphatic rings. The third-order valence-electron chi connectivity index (χ3n) is 3.63. The smallest absolute Gasteiger partial charge is 0.240 e. The first-order valence-corrected chi connectivity index (χ1v) is 8.25. The number of rotatable bonds is 5. The van der Waals surface area contributed by atoms with Crippen LogP contribution >= 0.6 is 12.4 Å². The molecule has 0 aliphatic carbocycles. The number of benzene rings is 1. The van der Waals surface area contributed by atoms with Crippen LogP contribution < -0.4 is 10.0 Å². The normalized spacial score (nSPS) is 18.8. The molecule has 1 heterocycles. The van der Waals surface area contributed by atoms with Crippen molar-refractivity contribution >= 4 is 22.4 Å². The lowest BCUT2D eigenvalue weighted by atomic mass is 10.1. The molecule has 0 amide bonds. The Labute approximate surface area is 127 Å². The molecule has 6 heteroatoms. The first kappa shape index (κ1) is 17.4. The number of aryl methyl sites for hydroxylation is 2. The van der Waals surface area contributed by atoms with Crippen molar-refractivity contribution in [3.8, 4) is 0 Å². The molecule has 1 aliphatic heterocycles. The second-order valence-electron chi connectivity index (χ2n) is 5.31. The van der Waals surface area contributed by atoms with Gasteiger partial charge in [-0.3, -0.25) is 0 Å². The zero-order valence-corrected chi connectivity index (χ0v) is 13.6. The number of sulfonamides is 1. The quantitative estimate of drug-likeness (QED) is 0.873. The molecule has 0 aromatic heterocycles. The van der Waals surface area contributed by atoms with Crippen LogP contribution in [-0.2, 0) is 10.0 Å². The van der Waals surface area contributed by atoms with Crippen LogP contribution in [0.25, 0.3) is 0 Å². The lowest BCUT2D eigenvalue weighted by Crippen LogP contribution is -2.27. The summed E-state index contributed by atoms with van der Waals surface area (Å²) in [6, 6.07) is 5.42. The molecule has 2 N–H and O–H groups in total. The third-order valence-corrected chi connectivity index (χ3v) is 5.25. The SMILES string of the molecule is Cc1ccc(S(=O)(=O)NCCC2CCNC2)c(C)c1.Cl. The average molecular weight is 319 g/mol. The van der Waals surface area contributed by atoms with E-state index in [-0.39, 0.29) is 12.4 Å². The molecular weight excluding hydrogens is 296 g/mol. The van der Waals surface area contributed by atoms with E-state index in [4.69, 9.17) is 0 Å². The van der Waals surface area contributed by atoms with Gasteiger partial charge in [0, 0.05) is 6.54 Å². The van der Waals surface area contributed by atoms with E-state index >= 15 is 0 Å². The van der Waals surface area contributed by atoms with Gasteiger partial charge in [-0.15, -0.1) is 12.4 Å². The molecule has 0 bridgehead atoms. The van der Waals surface area contributed by atoms with Crippen molar-refractivity contribution in [2.75, 3.05) is 19.6 Å². The highest BCUT2D eigenvalue weighted by molar-refractivity contribution is 7.89. The molecule has 0 saturated carbocycles. The van der Waals surface area contributed by atoms with Gasteiger partial charge in [0.2, 0.25) is 10.0 Å². The van der Waals surface area contributed by atoms with Crippen LogP contribution in [0.3, 0.4) is 0 Å². The van der Waals surface area contributed by atoms with Gasteiger partial charge in [0.25, 0.3) is 0 Å². The van der Waals surface area contributed by atoms with Gasteiger partial charge in [-0.1, -0.05) is 17.7 Å². The van der Waals surface area contributed by atoms with Gasteiger partial charge in [0.05, 0.1) is 4.90 Å². The monoisotopic (exact) mass is 318 g/mol.